The van der Waals surface area contributed by atoms with Crippen molar-refractivity contribution in [3.63, 3.8) is 0 Å². The number of rotatable bonds is 4. The predicted molar refractivity (Wildman–Crippen MR) is 64.0 cm³/mol. The Bertz CT molecular complexity index is 499. The highest BCUT2D eigenvalue weighted by molar-refractivity contribution is 7.99. The van der Waals surface area contributed by atoms with Gasteiger partial charge in [0.15, 0.2) is 5.16 Å². The van der Waals surface area contributed by atoms with Crippen LogP contribution in [0.1, 0.15) is 18.5 Å². The zero-order valence-electron chi connectivity index (χ0n) is 9.51. The minimum absolute atomic E-state index is 0.461. The van der Waals surface area contributed by atoms with E-state index in [0.29, 0.717) is 18.5 Å². The summed E-state index contributed by atoms with van der Waals surface area (Å²) in [6, 6.07) is 0.461. The maximum Gasteiger partial charge on any atom is 0.315 e. The minimum Gasteiger partial charge on any atom is -0.408 e. The smallest absolute Gasteiger partial charge is 0.315 e. The SMILES string of the molecule is CCc1nnc(NCc2cn3c(n2)SCC3)o1. The predicted octanol–water partition coefficient (Wildman–Crippen LogP) is 1.55. The molecular weight excluding hydrogens is 238 g/mol. The van der Waals surface area contributed by atoms with E-state index in [1.165, 1.54) is 0 Å². The molecule has 1 aliphatic rings. The molecule has 7 heteroatoms. The molecule has 0 aromatic carbocycles. The average molecular weight is 251 g/mol. The van der Waals surface area contributed by atoms with Gasteiger partial charge in [-0.1, -0.05) is 23.8 Å². The van der Waals surface area contributed by atoms with Crippen molar-refractivity contribution in [3.8, 4) is 0 Å². The van der Waals surface area contributed by atoms with Crippen LogP contribution in [0.2, 0.25) is 0 Å². The molecular formula is C10H13N5OS. The van der Waals surface area contributed by atoms with Crippen LogP contribution >= 0.6 is 11.8 Å². The van der Waals surface area contributed by atoms with Gasteiger partial charge in [-0.3, -0.25) is 0 Å². The molecule has 0 bridgehead atoms. The third-order valence-electron chi connectivity index (χ3n) is 2.54. The molecule has 90 valence electrons. The van der Waals surface area contributed by atoms with E-state index >= 15 is 0 Å². The summed E-state index contributed by atoms with van der Waals surface area (Å²) < 4.78 is 7.53. The van der Waals surface area contributed by atoms with Crippen molar-refractivity contribution < 1.29 is 4.42 Å². The third-order valence-corrected chi connectivity index (χ3v) is 3.51. The van der Waals surface area contributed by atoms with Gasteiger partial charge >= 0.3 is 6.01 Å². The molecule has 0 radical (unpaired) electrons. The zero-order chi connectivity index (χ0) is 11.7. The highest BCUT2D eigenvalue weighted by Gasteiger charge is 2.14. The van der Waals surface area contributed by atoms with Gasteiger partial charge in [0.05, 0.1) is 12.2 Å². The van der Waals surface area contributed by atoms with Gasteiger partial charge in [-0.15, -0.1) is 5.10 Å². The quantitative estimate of drug-likeness (QED) is 0.889. The lowest BCUT2D eigenvalue weighted by Gasteiger charge is -1.97. The van der Waals surface area contributed by atoms with Gasteiger partial charge in [0.1, 0.15) is 0 Å². The summed E-state index contributed by atoms with van der Waals surface area (Å²) in [5.41, 5.74) is 1.00. The van der Waals surface area contributed by atoms with Gasteiger partial charge in [-0.2, -0.15) is 0 Å². The van der Waals surface area contributed by atoms with Crippen molar-refractivity contribution in [2.45, 2.75) is 31.6 Å². The molecule has 3 heterocycles. The van der Waals surface area contributed by atoms with Crippen LogP contribution in [-0.2, 0) is 19.5 Å². The summed E-state index contributed by atoms with van der Waals surface area (Å²) in [5.74, 6) is 1.77. The van der Waals surface area contributed by atoms with E-state index in [1.807, 2.05) is 6.92 Å². The van der Waals surface area contributed by atoms with E-state index in [1.54, 1.807) is 11.8 Å². The van der Waals surface area contributed by atoms with Crippen LogP contribution in [0.3, 0.4) is 0 Å². The van der Waals surface area contributed by atoms with Crippen molar-refractivity contribution in [2.75, 3.05) is 11.1 Å². The molecule has 2 aromatic rings. The lowest BCUT2D eigenvalue weighted by atomic mass is 10.5. The van der Waals surface area contributed by atoms with Crippen molar-refractivity contribution in [1.82, 2.24) is 19.7 Å². The van der Waals surface area contributed by atoms with Crippen LogP contribution in [0.25, 0.3) is 0 Å². The zero-order valence-corrected chi connectivity index (χ0v) is 10.3. The molecule has 0 spiro atoms. The monoisotopic (exact) mass is 251 g/mol. The van der Waals surface area contributed by atoms with Crippen LogP contribution in [0.5, 0.6) is 0 Å². The molecule has 0 amide bonds. The largest absolute Gasteiger partial charge is 0.408 e. The molecule has 1 aliphatic heterocycles. The van der Waals surface area contributed by atoms with E-state index in [4.69, 9.17) is 4.42 Å². The van der Waals surface area contributed by atoms with Crippen LogP contribution < -0.4 is 5.32 Å². The van der Waals surface area contributed by atoms with Crippen molar-refractivity contribution in [3.05, 3.63) is 17.8 Å². The van der Waals surface area contributed by atoms with Gasteiger partial charge in [0.25, 0.3) is 0 Å². The van der Waals surface area contributed by atoms with Gasteiger partial charge in [0, 0.05) is 24.9 Å². The molecule has 0 fully saturated rings. The highest BCUT2D eigenvalue weighted by atomic mass is 32.2. The first kappa shape index (κ1) is 10.6. The molecule has 1 N–H and O–H groups in total. The van der Waals surface area contributed by atoms with E-state index in [9.17, 15) is 0 Å². The number of fused-ring (bicyclic) bond motifs is 1. The first-order valence-electron chi connectivity index (χ1n) is 5.60. The fourth-order valence-electron chi connectivity index (χ4n) is 1.68. The molecule has 0 saturated carbocycles. The van der Waals surface area contributed by atoms with Gasteiger partial charge < -0.3 is 14.3 Å². The maximum absolute atomic E-state index is 5.36. The van der Waals surface area contributed by atoms with Crippen molar-refractivity contribution >= 4 is 17.8 Å². The standard InChI is InChI=1S/C10H13N5OS/c1-2-8-13-14-9(16-8)11-5-7-6-15-3-4-17-10(15)12-7/h6H,2-5H2,1H3,(H,11,14). The fraction of sp³-hybridized carbons (Fsp3) is 0.500. The Kier molecular flexibility index (Phi) is 2.76. The molecule has 6 nitrogen and oxygen atoms in total. The van der Waals surface area contributed by atoms with E-state index in [2.05, 4.69) is 31.3 Å². The molecule has 0 aliphatic carbocycles. The summed E-state index contributed by atoms with van der Waals surface area (Å²) in [6.07, 6.45) is 2.82. The summed E-state index contributed by atoms with van der Waals surface area (Å²) in [7, 11) is 0. The lowest BCUT2D eigenvalue weighted by molar-refractivity contribution is 0.511. The molecule has 17 heavy (non-hydrogen) atoms. The molecule has 0 unspecified atom stereocenters. The normalized spacial score (nSPS) is 13.9. The number of imidazole rings is 1. The van der Waals surface area contributed by atoms with Crippen LogP contribution in [0, 0.1) is 0 Å². The first-order valence-corrected chi connectivity index (χ1v) is 6.59. The fourth-order valence-corrected chi connectivity index (χ4v) is 2.64. The second-order valence-corrected chi connectivity index (χ2v) is 4.83. The topological polar surface area (TPSA) is 68.8 Å². The van der Waals surface area contributed by atoms with E-state index < -0.39 is 0 Å². The number of nitrogens with one attached hydrogen (secondary N) is 1. The molecule has 0 atom stereocenters. The van der Waals surface area contributed by atoms with Crippen molar-refractivity contribution in [1.29, 1.82) is 0 Å². The van der Waals surface area contributed by atoms with Crippen LogP contribution in [-0.4, -0.2) is 25.5 Å². The highest BCUT2D eigenvalue weighted by Crippen LogP contribution is 2.24. The Morgan fingerprint density at radius 3 is 3.24 bits per heavy atom. The number of anilines is 1. The first-order chi connectivity index (χ1) is 8.35. The number of thioether (sulfide) groups is 1. The van der Waals surface area contributed by atoms with Gasteiger partial charge in [-0.05, 0) is 0 Å². The van der Waals surface area contributed by atoms with Crippen LogP contribution in [0.15, 0.2) is 15.8 Å². The summed E-state index contributed by atoms with van der Waals surface area (Å²) in [4.78, 5) is 4.51. The van der Waals surface area contributed by atoms with Crippen LogP contribution in [0.4, 0.5) is 6.01 Å². The summed E-state index contributed by atoms with van der Waals surface area (Å²) >= 11 is 1.79. The number of hydrogen-bond donors (Lipinski definition) is 1. The number of nitrogens with zero attached hydrogens (tertiary/aromatic N) is 4. The second kappa shape index (κ2) is 4.40. The molecule has 0 saturated heterocycles. The Hall–Kier alpha value is -1.50. The van der Waals surface area contributed by atoms with Crippen molar-refractivity contribution in [2.24, 2.45) is 0 Å². The van der Waals surface area contributed by atoms with E-state index in [-0.39, 0.29) is 0 Å². The average Bonchev–Trinajstić information content (AvgIpc) is 3.01. The van der Waals surface area contributed by atoms with Gasteiger partial charge in [0.2, 0.25) is 5.89 Å². The number of hydrogen-bond acceptors (Lipinski definition) is 6. The lowest BCUT2D eigenvalue weighted by Crippen LogP contribution is -2.00. The molecule has 2 aromatic heterocycles. The third kappa shape index (κ3) is 2.14. The van der Waals surface area contributed by atoms with E-state index in [0.717, 1.165) is 29.6 Å². The Labute approximate surface area is 103 Å². The number of aryl methyl sites for hydroxylation is 2. The Balaban J connectivity index is 1.63. The maximum atomic E-state index is 5.36. The Morgan fingerprint density at radius 1 is 1.53 bits per heavy atom. The summed E-state index contributed by atoms with van der Waals surface area (Å²) in [5, 5.41) is 12.0. The van der Waals surface area contributed by atoms with Gasteiger partial charge in [-0.25, -0.2) is 4.98 Å². The second-order valence-electron chi connectivity index (χ2n) is 3.76. The molecule has 3 rings (SSSR count). The Morgan fingerprint density at radius 2 is 2.47 bits per heavy atom. The minimum atomic E-state index is 0.461. The summed E-state index contributed by atoms with van der Waals surface area (Å²) in [6.45, 7) is 3.65. The number of aromatic nitrogens is 4.